The Hall–Kier alpha value is -3.72. The van der Waals surface area contributed by atoms with Crippen LogP contribution in [0, 0.1) is 0 Å². The van der Waals surface area contributed by atoms with E-state index in [4.69, 9.17) is 16.3 Å². The van der Waals surface area contributed by atoms with E-state index in [-0.39, 0.29) is 17.5 Å². The number of nitrogens with one attached hydrogen (secondary N) is 1. The van der Waals surface area contributed by atoms with E-state index in [1.807, 2.05) is 0 Å². The fraction of sp³-hybridized carbons (Fsp3) is 0.0909. The van der Waals surface area contributed by atoms with Crippen molar-refractivity contribution in [3.05, 3.63) is 89.0 Å². The van der Waals surface area contributed by atoms with Crippen molar-refractivity contribution in [2.24, 2.45) is 0 Å². The lowest BCUT2D eigenvalue weighted by molar-refractivity contribution is 0.300. The Labute approximate surface area is 198 Å². The minimum absolute atomic E-state index is 0.235. The van der Waals surface area contributed by atoms with E-state index in [0.29, 0.717) is 39.9 Å². The van der Waals surface area contributed by atoms with Crippen LogP contribution in [-0.2, 0) is 11.1 Å². The number of H-pyrrole nitrogens is 1. The summed E-state index contributed by atoms with van der Waals surface area (Å²) in [7, 11) is -3.83. The highest BCUT2D eigenvalue weighted by molar-refractivity contribution is 7.64. The SMILES string of the molecule is O=c1[nH]cnc2nc(-c3ccc(P(=O)(O)n4ccnc4)cc3)n(CCOc3ccc(Cl)cc3)c12. The summed E-state index contributed by atoms with van der Waals surface area (Å²) in [6.45, 7) is 0.581. The number of nitrogens with zero attached hydrogens (tertiary/aromatic N) is 5. The number of hydrogen-bond donors (Lipinski definition) is 2. The van der Waals surface area contributed by atoms with Gasteiger partial charge in [-0.25, -0.2) is 15.0 Å². The topological polar surface area (TPSA) is 128 Å². The first-order valence-electron chi connectivity index (χ1n) is 10.2. The summed E-state index contributed by atoms with van der Waals surface area (Å²) in [5, 5.41) is 0.843. The second kappa shape index (κ2) is 8.90. The smallest absolute Gasteiger partial charge is 0.328 e. The van der Waals surface area contributed by atoms with Gasteiger partial charge in [-0.1, -0.05) is 23.7 Å². The first-order valence-corrected chi connectivity index (χ1v) is 12.2. The van der Waals surface area contributed by atoms with Crippen molar-refractivity contribution < 1.29 is 14.2 Å². The molecule has 5 rings (SSSR count). The molecule has 172 valence electrons. The van der Waals surface area contributed by atoms with E-state index < -0.39 is 7.52 Å². The number of hydrogen-bond acceptors (Lipinski definition) is 6. The van der Waals surface area contributed by atoms with Crippen LogP contribution in [0.2, 0.25) is 5.02 Å². The molecule has 0 aliphatic heterocycles. The minimum atomic E-state index is -3.83. The van der Waals surface area contributed by atoms with E-state index in [2.05, 4.69) is 19.9 Å². The van der Waals surface area contributed by atoms with Gasteiger partial charge in [0.15, 0.2) is 11.2 Å². The monoisotopic (exact) mass is 496 g/mol. The Morgan fingerprint density at radius 1 is 1.12 bits per heavy atom. The van der Waals surface area contributed by atoms with Crippen LogP contribution >= 0.6 is 19.1 Å². The van der Waals surface area contributed by atoms with E-state index in [1.54, 1.807) is 53.1 Å². The lowest BCUT2D eigenvalue weighted by Crippen LogP contribution is -2.15. The highest BCUT2D eigenvalue weighted by Crippen LogP contribution is 2.40. The summed E-state index contributed by atoms with van der Waals surface area (Å²) in [5.74, 6) is 1.13. The van der Waals surface area contributed by atoms with E-state index in [1.165, 1.54) is 29.4 Å². The van der Waals surface area contributed by atoms with Crippen molar-refractivity contribution in [1.29, 1.82) is 0 Å². The van der Waals surface area contributed by atoms with Gasteiger partial charge in [-0.3, -0.25) is 13.7 Å². The molecule has 1 unspecified atom stereocenters. The summed E-state index contributed by atoms with van der Waals surface area (Å²) < 4.78 is 21.6. The first kappa shape index (κ1) is 22.1. The summed E-state index contributed by atoms with van der Waals surface area (Å²) in [6, 6.07) is 13.5. The molecule has 0 spiro atoms. The predicted octanol–water partition coefficient (Wildman–Crippen LogP) is 3.07. The zero-order valence-electron chi connectivity index (χ0n) is 17.6. The second-order valence-corrected chi connectivity index (χ2v) is 9.83. The molecular weight excluding hydrogens is 479 g/mol. The number of benzene rings is 2. The molecule has 0 radical (unpaired) electrons. The van der Waals surface area contributed by atoms with Gasteiger partial charge < -0.3 is 19.2 Å². The third-order valence-electron chi connectivity index (χ3n) is 5.21. The average Bonchev–Trinajstić information content (AvgIpc) is 3.50. The highest BCUT2D eigenvalue weighted by atomic mass is 35.5. The van der Waals surface area contributed by atoms with Crippen LogP contribution < -0.4 is 15.6 Å². The molecule has 0 saturated heterocycles. The van der Waals surface area contributed by atoms with Gasteiger partial charge in [-0.2, -0.15) is 0 Å². The number of rotatable bonds is 7. The van der Waals surface area contributed by atoms with Crippen molar-refractivity contribution in [2.45, 2.75) is 6.54 Å². The normalized spacial score (nSPS) is 13.1. The van der Waals surface area contributed by atoms with Crippen molar-refractivity contribution in [2.75, 3.05) is 6.61 Å². The van der Waals surface area contributed by atoms with Gasteiger partial charge in [0.25, 0.3) is 5.56 Å². The lowest BCUT2D eigenvalue weighted by Gasteiger charge is -2.14. The maximum Gasteiger partial charge on any atom is 0.328 e. The molecule has 5 aromatic rings. The molecular formula is C22H18ClN6O4P. The third kappa shape index (κ3) is 4.14. The molecule has 0 bridgehead atoms. The second-order valence-electron chi connectivity index (χ2n) is 7.33. The number of imidazole rings is 2. The Kier molecular flexibility index (Phi) is 5.79. The number of halogens is 1. The molecule has 10 nitrogen and oxygen atoms in total. The maximum absolute atomic E-state index is 12.9. The number of fused-ring (bicyclic) bond motifs is 1. The summed E-state index contributed by atoms with van der Waals surface area (Å²) in [6.07, 6.45) is 5.47. The van der Waals surface area contributed by atoms with Gasteiger partial charge in [0.1, 0.15) is 24.5 Å². The van der Waals surface area contributed by atoms with Crippen LogP contribution in [0.1, 0.15) is 0 Å². The molecule has 0 amide bonds. The van der Waals surface area contributed by atoms with Crippen molar-refractivity contribution in [3.8, 4) is 17.1 Å². The van der Waals surface area contributed by atoms with Crippen LogP contribution in [-0.4, -0.2) is 40.3 Å². The Morgan fingerprint density at radius 2 is 1.88 bits per heavy atom. The van der Waals surface area contributed by atoms with Gasteiger partial charge in [0.05, 0.1) is 18.2 Å². The molecule has 0 aliphatic carbocycles. The van der Waals surface area contributed by atoms with Crippen molar-refractivity contribution >= 4 is 35.6 Å². The molecule has 0 saturated carbocycles. The molecule has 0 aliphatic rings. The Bertz CT molecular complexity index is 1550. The van der Waals surface area contributed by atoms with Crippen LogP contribution in [0.3, 0.4) is 0 Å². The molecule has 2 aromatic carbocycles. The van der Waals surface area contributed by atoms with Crippen LogP contribution in [0.4, 0.5) is 0 Å². The van der Waals surface area contributed by atoms with Crippen LogP contribution in [0.15, 0.2) is 78.4 Å². The number of aromatic amines is 1. The van der Waals surface area contributed by atoms with Crippen LogP contribution in [0.5, 0.6) is 5.75 Å². The Morgan fingerprint density at radius 3 is 2.59 bits per heavy atom. The molecule has 2 N–H and O–H groups in total. The molecule has 3 aromatic heterocycles. The molecule has 12 heteroatoms. The quantitative estimate of drug-likeness (QED) is 0.331. The maximum atomic E-state index is 12.9. The van der Waals surface area contributed by atoms with Gasteiger partial charge in [-0.15, -0.1) is 0 Å². The molecule has 34 heavy (non-hydrogen) atoms. The van der Waals surface area contributed by atoms with Gasteiger partial charge >= 0.3 is 7.52 Å². The molecule has 3 heterocycles. The summed E-state index contributed by atoms with van der Waals surface area (Å²) in [4.78, 5) is 38.2. The third-order valence-corrected chi connectivity index (χ3v) is 7.29. The predicted molar refractivity (Wildman–Crippen MR) is 128 cm³/mol. The minimum Gasteiger partial charge on any atom is -0.492 e. The zero-order chi connectivity index (χ0) is 23.7. The van der Waals surface area contributed by atoms with Gasteiger partial charge in [-0.05, 0) is 36.4 Å². The van der Waals surface area contributed by atoms with Gasteiger partial charge in [0.2, 0.25) is 0 Å². The zero-order valence-corrected chi connectivity index (χ0v) is 19.2. The van der Waals surface area contributed by atoms with E-state index in [0.717, 1.165) is 0 Å². The number of ether oxygens (including phenoxy) is 1. The molecule has 1 atom stereocenters. The van der Waals surface area contributed by atoms with E-state index >= 15 is 0 Å². The van der Waals surface area contributed by atoms with Crippen molar-refractivity contribution in [1.82, 2.24) is 28.8 Å². The summed E-state index contributed by atoms with van der Waals surface area (Å²) >= 11 is 5.92. The number of aromatic nitrogens is 6. The fourth-order valence-corrected chi connectivity index (χ4v) is 4.92. The highest BCUT2D eigenvalue weighted by Gasteiger charge is 2.24. The van der Waals surface area contributed by atoms with Gasteiger partial charge in [0, 0.05) is 23.0 Å². The van der Waals surface area contributed by atoms with Crippen LogP contribution in [0.25, 0.3) is 22.6 Å². The average molecular weight is 497 g/mol. The van der Waals surface area contributed by atoms with E-state index in [9.17, 15) is 14.3 Å². The Balaban J connectivity index is 1.48. The largest absolute Gasteiger partial charge is 0.492 e. The van der Waals surface area contributed by atoms with Crippen molar-refractivity contribution in [3.63, 3.8) is 0 Å². The fourth-order valence-electron chi connectivity index (χ4n) is 3.55. The lowest BCUT2D eigenvalue weighted by atomic mass is 10.2. The first-order chi connectivity index (χ1) is 16.4. The standard InChI is InChI=1S/C22H18ClN6O4P/c23-16-3-5-17(6-4-16)33-12-11-29-19-20(25-13-26-22(19)30)27-21(29)15-1-7-18(8-2-15)34(31,32)28-10-9-24-14-28/h1-10,13-14H,11-12H2,(H,31,32)(H,25,26,30). The molecule has 0 fully saturated rings. The summed E-state index contributed by atoms with van der Waals surface area (Å²) in [5.41, 5.74) is 0.929.